The first-order valence-corrected chi connectivity index (χ1v) is 11.5. The molecule has 7 nitrogen and oxygen atoms in total. The van der Waals surface area contributed by atoms with Gasteiger partial charge in [-0.05, 0) is 73.0 Å². The van der Waals surface area contributed by atoms with Crippen molar-refractivity contribution in [1.82, 2.24) is 0 Å². The molecule has 38 heavy (non-hydrogen) atoms. The first-order valence-electron chi connectivity index (χ1n) is 11.5. The second-order valence-electron chi connectivity index (χ2n) is 8.02. The van der Waals surface area contributed by atoms with Gasteiger partial charge in [-0.2, -0.15) is 13.2 Å². The Kier molecular flexibility index (Phi) is 11.2. The second-order valence-corrected chi connectivity index (χ2v) is 8.02. The maximum Gasteiger partial charge on any atom is 0.389 e. The van der Waals surface area contributed by atoms with Crippen LogP contribution in [0.25, 0.3) is 6.08 Å². The van der Waals surface area contributed by atoms with Crippen LogP contribution in [-0.2, 0) is 25.7 Å². The zero-order valence-corrected chi connectivity index (χ0v) is 20.8. The maximum absolute atomic E-state index is 12.4. The van der Waals surface area contributed by atoms with Gasteiger partial charge in [0, 0.05) is 23.9 Å². The number of ether oxygens (including phenoxy) is 3. The molecule has 0 spiro atoms. The average molecular weight is 531 g/mol. The van der Waals surface area contributed by atoms with Crippen molar-refractivity contribution in [2.24, 2.45) is 0 Å². The molecule has 202 valence electrons. The zero-order chi connectivity index (χ0) is 28.1. The first-order chi connectivity index (χ1) is 17.9. The average Bonchev–Trinajstić information content (AvgIpc) is 2.84. The van der Waals surface area contributed by atoms with Crippen LogP contribution >= 0.6 is 0 Å². The van der Waals surface area contributed by atoms with Crippen molar-refractivity contribution in [3.05, 3.63) is 95.8 Å². The summed E-state index contributed by atoms with van der Waals surface area (Å²) in [5.74, 6) is -0.824. The van der Waals surface area contributed by atoms with Crippen molar-refractivity contribution < 1.29 is 37.0 Å². The number of carbonyl (C=O) groups excluding carboxylic acids is 2. The summed E-state index contributed by atoms with van der Waals surface area (Å²) in [5, 5.41) is 0. The Morgan fingerprint density at radius 1 is 0.974 bits per heavy atom. The summed E-state index contributed by atoms with van der Waals surface area (Å²) in [6.45, 7) is 5.10. The van der Waals surface area contributed by atoms with Crippen LogP contribution in [0.15, 0.2) is 84.7 Å². The molecule has 0 saturated carbocycles. The number of allylic oxidation sites excluding steroid dienone is 2. The number of alkyl halides is 3. The van der Waals surface area contributed by atoms with Crippen LogP contribution < -0.4 is 16.2 Å². The highest BCUT2D eigenvalue weighted by Crippen LogP contribution is 2.21. The lowest BCUT2D eigenvalue weighted by Gasteiger charge is -2.08. The molecule has 0 aliphatic carbocycles. The summed E-state index contributed by atoms with van der Waals surface area (Å²) in [4.78, 5) is 24.4. The van der Waals surface area contributed by atoms with Gasteiger partial charge in [0.2, 0.25) is 0 Å². The molecule has 0 saturated heterocycles. The van der Waals surface area contributed by atoms with Crippen molar-refractivity contribution in [3.63, 3.8) is 0 Å². The van der Waals surface area contributed by atoms with E-state index in [0.29, 0.717) is 22.5 Å². The summed E-state index contributed by atoms with van der Waals surface area (Å²) in [5.41, 5.74) is 13.9. The minimum Gasteiger partial charge on any atom is -0.494 e. The molecule has 0 aliphatic rings. The third-order valence-electron chi connectivity index (χ3n) is 4.81. The fourth-order valence-corrected chi connectivity index (χ4v) is 3.00. The smallest absolute Gasteiger partial charge is 0.389 e. The number of hydrogen-bond acceptors (Lipinski definition) is 7. The van der Waals surface area contributed by atoms with Crippen molar-refractivity contribution in [2.75, 3.05) is 18.1 Å². The summed E-state index contributed by atoms with van der Waals surface area (Å²) in [6.07, 6.45) is 1.70. The molecule has 0 bridgehead atoms. The molecular weight excluding hydrogens is 501 g/mol. The van der Waals surface area contributed by atoms with Crippen LogP contribution in [0.3, 0.4) is 0 Å². The van der Waals surface area contributed by atoms with E-state index in [0.717, 1.165) is 0 Å². The Balaban J connectivity index is 1.82. The Bertz CT molecular complexity index is 1200. The van der Waals surface area contributed by atoms with E-state index in [1.54, 1.807) is 55.5 Å². The molecule has 0 fully saturated rings. The third kappa shape index (κ3) is 11.5. The van der Waals surface area contributed by atoms with Gasteiger partial charge in [-0.1, -0.05) is 24.8 Å². The predicted octanol–water partition coefficient (Wildman–Crippen LogP) is 5.89. The normalized spacial score (nSPS) is 12.1. The van der Waals surface area contributed by atoms with Crippen LogP contribution in [0.4, 0.5) is 24.5 Å². The molecule has 4 N–H and O–H groups in total. The number of hydrogen-bond donors (Lipinski definition) is 2. The molecule has 0 aromatic heterocycles. The van der Waals surface area contributed by atoms with Gasteiger partial charge < -0.3 is 25.7 Å². The van der Waals surface area contributed by atoms with E-state index in [4.69, 9.17) is 25.7 Å². The number of nitrogens with two attached hydrogens (primary N) is 2. The number of rotatable bonds is 12. The van der Waals surface area contributed by atoms with Crippen molar-refractivity contribution in [3.8, 4) is 5.75 Å². The van der Waals surface area contributed by atoms with E-state index < -0.39 is 24.5 Å². The van der Waals surface area contributed by atoms with E-state index in [1.807, 2.05) is 0 Å². The van der Waals surface area contributed by atoms with Crippen molar-refractivity contribution in [2.45, 2.75) is 32.5 Å². The van der Waals surface area contributed by atoms with E-state index in [1.165, 1.54) is 24.3 Å². The fraction of sp³-hybridized carbons (Fsp3) is 0.214. The number of carbonyl (C=O) groups is 2. The summed E-state index contributed by atoms with van der Waals surface area (Å²) >= 11 is 0. The lowest BCUT2D eigenvalue weighted by Crippen LogP contribution is -2.10. The van der Waals surface area contributed by atoms with Crippen LogP contribution in [0.2, 0.25) is 0 Å². The highest BCUT2D eigenvalue weighted by molar-refractivity contribution is 5.93. The van der Waals surface area contributed by atoms with Crippen molar-refractivity contribution >= 4 is 29.4 Å². The van der Waals surface area contributed by atoms with Gasteiger partial charge in [0.25, 0.3) is 0 Å². The second kappa shape index (κ2) is 14.3. The Hall–Kier alpha value is -4.47. The topological polar surface area (TPSA) is 114 Å². The molecule has 0 amide bonds. The van der Waals surface area contributed by atoms with Crippen molar-refractivity contribution in [1.29, 1.82) is 0 Å². The number of halogens is 3. The highest BCUT2D eigenvalue weighted by Gasteiger charge is 2.26. The zero-order valence-electron chi connectivity index (χ0n) is 20.8. The Morgan fingerprint density at radius 2 is 1.63 bits per heavy atom. The molecular formula is C28H29F3N2O5. The number of nitrogen functional groups attached to an aromatic ring is 2. The summed E-state index contributed by atoms with van der Waals surface area (Å²) in [6, 6.07) is 11.3. The molecule has 0 radical (unpaired) electrons. The predicted molar refractivity (Wildman–Crippen MR) is 139 cm³/mol. The molecule has 0 unspecified atom stereocenters. The SMILES string of the molecule is C=C(/C=C\C(=C/C)C(=O)Oc1ccc(/C=C/C(=O)OCc2cc(N)cc(N)c2)cc1)OCCCC(F)(F)F. The third-order valence-corrected chi connectivity index (χ3v) is 4.81. The van der Waals surface area contributed by atoms with E-state index in [2.05, 4.69) is 6.58 Å². The molecule has 0 atom stereocenters. The first kappa shape index (κ1) is 29.8. The monoisotopic (exact) mass is 530 g/mol. The van der Waals surface area contributed by atoms with Gasteiger partial charge in [0.1, 0.15) is 18.1 Å². The van der Waals surface area contributed by atoms with Crippen LogP contribution in [-0.4, -0.2) is 24.7 Å². The van der Waals surface area contributed by atoms with Crippen LogP contribution in [0.5, 0.6) is 5.75 Å². The lowest BCUT2D eigenvalue weighted by atomic mass is 10.2. The Labute approximate surface area is 218 Å². The largest absolute Gasteiger partial charge is 0.494 e. The summed E-state index contributed by atoms with van der Waals surface area (Å²) < 4.78 is 52.1. The molecule has 2 aromatic rings. The van der Waals surface area contributed by atoms with E-state index in [9.17, 15) is 22.8 Å². The molecule has 10 heteroatoms. The summed E-state index contributed by atoms with van der Waals surface area (Å²) in [7, 11) is 0. The molecule has 2 rings (SSSR count). The van der Waals surface area contributed by atoms with E-state index >= 15 is 0 Å². The fourth-order valence-electron chi connectivity index (χ4n) is 3.00. The van der Waals surface area contributed by atoms with Gasteiger partial charge >= 0.3 is 18.1 Å². The minimum atomic E-state index is -4.24. The molecule has 0 aliphatic heterocycles. The van der Waals surface area contributed by atoms with Crippen LogP contribution in [0, 0.1) is 0 Å². The number of anilines is 2. The van der Waals surface area contributed by atoms with Crippen LogP contribution in [0.1, 0.15) is 30.9 Å². The minimum absolute atomic E-state index is 0.0204. The van der Waals surface area contributed by atoms with Gasteiger partial charge in [-0.3, -0.25) is 0 Å². The van der Waals surface area contributed by atoms with Gasteiger partial charge in [-0.15, -0.1) is 0 Å². The quantitative estimate of drug-likeness (QED) is 0.0669. The number of esters is 2. The van der Waals surface area contributed by atoms with E-state index in [-0.39, 0.29) is 36.7 Å². The number of benzene rings is 2. The molecule has 0 heterocycles. The van der Waals surface area contributed by atoms with Gasteiger partial charge in [0.15, 0.2) is 0 Å². The highest BCUT2D eigenvalue weighted by atomic mass is 19.4. The maximum atomic E-state index is 12.4. The lowest BCUT2D eigenvalue weighted by molar-refractivity contribution is -0.139. The van der Waals surface area contributed by atoms with Gasteiger partial charge in [0.05, 0.1) is 12.2 Å². The Morgan fingerprint density at radius 3 is 2.24 bits per heavy atom. The standard InChI is InChI=1S/C28H29F3N2O5/c1-3-22(9-5-19(2)36-14-4-13-28(29,30)31)27(35)38-25-10-6-20(7-11-25)8-12-26(34)37-18-21-15-23(32)17-24(33)16-21/h3,5-12,15-17H,2,4,13-14,18,32-33H2,1H3/b9-5-,12-8+,22-3+. The van der Waals surface area contributed by atoms with Gasteiger partial charge in [-0.25, -0.2) is 9.59 Å². The molecule has 2 aromatic carbocycles.